The summed E-state index contributed by atoms with van der Waals surface area (Å²) in [6, 6.07) is 0. The molecule has 0 aliphatic heterocycles. The van der Waals surface area contributed by atoms with Crippen LogP contribution in [0, 0.1) is 0 Å². The lowest BCUT2D eigenvalue weighted by atomic mass is 10.1. The molecule has 0 radical (unpaired) electrons. The van der Waals surface area contributed by atoms with Crippen molar-refractivity contribution in [2.75, 3.05) is 6.61 Å². The van der Waals surface area contributed by atoms with Crippen molar-refractivity contribution < 1.29 is 38.1 Å². The van der Waals surface area contributed by atoms with Gasteiger partial charge in [0.15, 0.2) is 18.3 Å². The minimum absolute atomic E-state index is 0.372. The Morgan fingerprint density at radius 2 is 1.42 bits per heavy atom. The Labute approximate surface area is 149 Å². The van der Waals surface area contributed by atoms with E-state index < -0.39 is 48.8 Å². The number of hydrogen-bond donors (Lipinski definition) is 2. The van der Waals surface area contributed by atoms with Gasteiger partial charge in [-0.15, -0.1) is 5.10 Å². The first-order valence-electron chi connectivity index (χ1n) is 7.30. The van der Waals surface area contributed by atoms with E-state index in [2.05, 4.69) is 10.2 Å². The van der Waals surface area contributed by atoms with Gasteiger partial charge in [-0.1, -0.05) is 0 Å². The molecule has 0 saturated carbocycles. The van der Waals surface area contributed by atoms with E-state index in [0.29, 0.717) is 0 Å². The number of carbonyl (C=O) groups excluding carboxylic acids is 4. The second-order valence-corrected chi connectivity index (χ2v) is 4.89. The van der Waals surface area contributed by atoms with Gasteiger partial charge in [0.1, 0.15) is 6.61 Å². The highest BCUT2D eigenvalue weighted by molar-refractivity contribution is 5.77. The maximum atomic E-state index is 11.4. The Morgan fingerprint density at radius 1 is 0.885 bits per heavy atom. The van der Waals surface area contributed by atoms with Crippen LogP contribution in [0.1, 0.15) is 27.7 Å². The predicted octanol–water partition coefficient (Wildman–Crippen LogP) is -1.40. The third kappa shape index (κ3) is 10.6. The van der Waals surface area contributed by atoms with Crippen LogP contribution in [0.5, 0.6) is 0 Å². The third-order valence-electron chi connectivity index (χ3n) is 2.45. The van der Waals surface area contributed by atoms with Crippen LogP contribution in [0.15, 0.2) is 10.2 Å². The number of hydrogen-bond acceptors (Lipinski definition) is 10. The third-order valence-corrected chi connectivity index (χ3v) is 2.45. The van der Waals surface area contributed by atoms with Crippen molar-refractivity contribution >= 4 is 36.1 Å². The molecule has 0 spiro atoms. The highest BCUT2D eigenvalue weighted by atomic mass is 16.6. The molecule has 0 amide bonds. The van der Waals surface area contributed by atoms with Gasteiger partial charge in [-0.25, -0.2) is 0 Å². The summed E-state index contributed by atoms with van der Waals surface area (Å²) in [5.41, 5.74) is 10.3. The van der Waals surface area contributed by atoms with Crippen LogP contribution in [0.4, 0.5) is 0 Å². The van der Waals surface area contributed by atoms with Crippen molar-refractivity contribution in [2.24, 2.45) is 21.7 Å². The SMILES string of the molecule is CC(=O)OC[C@@H](OC(C)=O)[C@@H](OC(C)=O)[C@@H](C=NN=C(N)N)OC(C)=O. The molecule has 0 rings (SSSR count). The molecule has 12 heteroatoms. The smallest absolute Gasteiger partial charge is 0.303 e. The molecule has 3 atom stereocenters. The van der Waals surface area contributed by atoms with Gasteiger partial charge in [-0.3, -0.25) is 19.2 Å². The summed E-state index contributed by atoms with van der Waals surface area (Å²) in [6.07, 6.45) is -3.02. The Kier molecular flexibility index (Phi) is 9.99. The number of nitrogens with two attached hydrogens (primary N) is 2. The minimum Gasteiger partial charge on any atom is -0.462 e. The quantitative estimate of drug-likeness (QED) is 0.160. The van der Waals surface area contributed by atoms with E-state index in [4.69, 9.17) is 30.4 Å². The lowest BCUT2D eigenvalue weighted by molar-refractivity contribution is -0.183. The highest BCUT2D eigenvalue weighted by Gasteiger charge is 2.37. The molecule has 0 heterocycles. The van der Waals surface area contributed by atoms with Gasteiger partial charge in [-0.2, -0.15) is 5.10 Å². The van der Waals surface area contributed by atoms with Crippen LogP contribution < -0.4 is 11.5 Å². The van der Waals surface area contributed by atoms with E-state index in [-0.39, 0.29) is 5.96 Å². The Balaban J connectivity index is 5.77. The van der Waals surface area contributed by atoms with Crippen molar-refractivity contribution in [3.05, 3.63) is 0 Å². The van der Waals surface area contributed by atoms with Crippen molar-refractivity contribution in [3.8, 4) is 0 Å². The van der Waals surface area contributed by atoms with E-state index >= 15 is 0 Å². The molecule has 146 valence electrons. The Morgan fingerprint density at radius 3 is 1.85 bits per heavy atom. The fourth-order valence-corrected chi connectivity index (χ4v) is 1.69. The standard InChI is InChI=1S/C14H22N4O8/c1-7(19)23-6-12(25-9(3)21)13(26-10(4)22)11(24-8(2)20)5-17-18-14(15)16/h5,11-13H,6H2,1-4H3,(H4,15,16,18)/t11-,12-,13+/m1/s1. The first-order chi connectivity index (χ1) is 12.0. The number of guanidine groups is 1. The van der Waals surface area contributed by atoms with Crippen LogP contribution in [0.2, 0.25) is 0 Å². The summed E-state index contributed by atoms with van der Waals surface area (Å²) >= 11 is 0. The Bertz CT molecular complexity index is 585. The van der Waals surface area contributed by atoms with E-state index in [1.54, 1.807) is 0 Å². The molecule has 26 heavy (non-hydrogen) atoms. The van der Waals surface area contributed by atoms with Crippen molar-refractivity contribution in [1.29, 1.82) is 0 Å². The van der Waals surface area contributed by atoms with Crippen molar-refractivity contribution in [1.82, 2.24) is 0 Å². The van der Waals surface area contributed by atoms with E-state index in [1.807, 2.05) is 0 Å². The van der Waals surface area contributed by atoms with Crippen LogP contribution in [0.3, 0.4) is 0 Å². The van der Waals surface area contributed by atoms with Gasteiger partial charge in [0.25, 0.3) is 0 Å². The first-order valence-corrected chi connectivity index (χ1v) is 7.30. The highest BCUT2D eigenvalue weighted by Crippen LogP contribution is 2.14. The van der Waals surface area contributed by atoms with Gasteiger partial charge >= 0.3 is 23.9 Å². The summed E-state index contributed by atoms with van der Waals surface area (Å²) in [5, 5.41) is 6.85. The monoisotopic (exact) mass is 374 g/mol. The molecule has 0 aromatic heterocycles. The van der Waals surface area contributed by atoms with Crippen molar-refractivity contribution in [3.63, 3.8) is 0 Å². The van der Waals surface area contributed by atoms with Crippen LogP contribution >= 0.6 is 0 Å². The summed E-state index contributed by atoms with van der Waals surface area (Å²) in [7, 11) is 0. The molecule has 0 aromatic rings. The van der Waals surface area contributed by atoms with Crippen LogP contribution in [-0.4, -0.2) is 61.0 Å². The fraction of sp³-hybridized carbons (Fsp3) is 0.571. The molecule has 0 unspecified atom stereocenters. The molecule has 0 aliphatic rings. The minimum atomic E-state index is -1.38. The molecule has 0 bridgehead atoms. The van der Waals surface area contributed by atoms with Gasteiger partial charge in [0.05, 0.1) is 6.21 Å². The normalized spacial score (nSPS) is 13.8. The van der Waals surface area contributed by atoms with E-state index in [1.165, 1.54) is 0 Å². The molecule has 0 fully saturated rings. The zero-order valence-electron chi connectivity index (χ0n) is 14.8. The number of rotatable bonds is 9. The average molecular weight is 374 g/mol. The molecule has 4 N–H and O–H groups in total. The fourth-order valence-electron chi connectivity index (χ4n) is 1.69. The van der Waals surface area contributed by atoms with Gasteiger partial charge < -0.3 is 30.4 Å². The zero-order valence-corrected chi connectivity index (χ0v) is 14.8. The summed E-state index contributed by atoms with van der Waals surface area (Å²) < 4.78 is 19.9. The van der Waals surface area contributed by atoms with Crippen LogP contribution in [-0.2, 0) is 38.1 Å². The summed E-state index contributed by atoms with van der Waals surface area (Å²) in [6.45, 7) is 3.96. The zero-order chi connectivity index (χ0) is 20.3. The number of carbonyl (C=O) groups is 4. The van der Waals surface area contributed by atoms with Gasteiger partial charge in [-0.05, 0) is 0 Å². The second kappa shape index (κ2) is 11.4. The molecule has 0 aliphatic carbocycles. The second-order valence-electron chi connectivity index (χ2n) is 4.89. The molecule has 0 saturated heterocycles. The lowest BCUT2D eigenvalue weighted by Crippen LogP contribution is -2.48. The predicted molar refractivity (Wildman–Crippen MR) is 87.6 cm³/mol. The van der Waals surface area contributed by atoms with Crippen LogP contribution in [0.25, 0.3) is 0 Å². The largest absolute Gasteiger partial charge is 0.462 e. The number of ether oxygens (including phenoxy) is 4. The molecular formula is C14H22N4O8. The topological polar surface area (TPSA) is 182 Å². The maximum absolute atomic E-state index is 11.4. The first kappa shape index (κ1) is 22.8. The van der Waals surface area contributed by atoms with Crippen molar-refractivity contribution in [2.45, 2.75) is 46.0 Å². The number of esters is 4. The van der Waals surface area contributed by atoms with E-state index in [0.717, 1.165) is 33.9 Å². The Hall–Kier alpha value is -3.18. The molecule has 0 aromatic carbocycles. The lowest BCUT2D eigenvalue weighted by Gasteiger charge is -2.29. The summed E-state index contributed by atoms with van der Waals surface area (Å²) in [4.78, 5) is 45.2. The summed E-state index contributed by atoms with van der Waals surface area (Å²) in [5.74, 6) is -3.31. The maximum Gasteiger partial charge on any atom is 0.303 e. The van der Waals surface area contributed by atoms with Gasteiger partial charge in [0, 0.05) is 27.7 Å². The van der Waals surface area contributed by atoms with E-state index in [9.17, 15) is 19.2 Å². The molecular weight excluding hydrogens is 352 g/mol. The number of nitrogens with zero attached hydrogens (tertiary/aromatic N) is 2. The van der Waals surface area contributed by atoms with Gasteiger partial charge in [0.2, 0.25) is 5.96 Å². The average Bonchev–Trinajstić information content (AvgIpc) is 2.46. The molecule has 12 nitrogen and oxygen atoms in total.